The molecular weight excluding hydrogens is 218 g/mol. The average molecular weight is 237 g/mol. The fraction of sp³-hybridized carbons (Fsp3) is 0.462. The first-order valence-corrected chi connectivity index (χ1v) is 5.59. The van der Waals surface area contributed by atoms with Gasteiger partial charge in [0.25, 0.3) is 0 Å². The smallest absolute Gasteiger partial charge is 0.330 e. The number of para-hydroxylation sites is 1. The summed E-state index contributed by atoms with van der Waals surface area (Å²) in [5.74, 6) is 0.351. The molecule has 1 atom stereocenters. The Morgan fingerprint density at radius 1 is 1.41 bits per heavy atom. The number of ether oxygens (including phenoxy) is 2. The number of benzene rings is 1. The van der Waals surface area contributed by atoms with E-state index in [0.29, 0.717) is 12.4 Å². The normalized spacial score (nSPS) is 13.9. The van der Waals surface area contributed by atoms with Gasteiger partial charge in [0.1, 0.15) is 11.3 Å². The van der Waals surface area contributed by atoms with Gasteiger partial charge in [-0.3, -0.25) is 0 Å². The fourth-order valence-electron chi connectivity index (χ4n) is 1.68. The van der Waals surface area contributed by atoms with E-state index in [4.69, 9.17) is 9.47 Å². The molecule has 0 amide bonds. The minimum Gasteiger partial charge on any atom is -0.496 e. The maximum atomic E-state index is 12.0. The number of likely N-dealkylation sites (N-methyl/N-ethyl adjacent to an activating group) is 1. The van der Waals surface area contributed by atoms with E-state index in [2.05, 4.69) is 5.32 Å². The average Bonchev–Trinajstić information content (AvgIpc) is 2.38. The second-order valence-corrected chi connectivity index (χ2v) is 3.80. The van der Waals surface area contributed by atoms with Gasteiger partial charge >= 0.3 is 5.97 Å². The topological polar surface area (TPSA) is 47.6 Å². The van der Waals surface area contributed by atoms with Crippen LogP contribution >= 0.6 is 0 Å². The number of nitrogens with one attached hydrogen (secondary N) is 1. The molecule has 0 aliphatic rings. The van der Waals surface area contributed by atoms with Crippen molar-refractivity contribution < 1.29 is 14.3 Å². The summed E-state index contributed by atoms with van der Waals surface area (Å²) < 4.78 is 10.4. The summed E-state index contributed by atoms with van der Waals surface area (Å²) in [6.45, 7) is 3.92. The summed E-state index contributed by atoms with van der Waals surface area (Å²) in [4.78, 5) is 12.0. The van der Waals surface area contributed by atoms with Crippen molar-refractivity contribution >= 4 is 5.97 Å². The summed E-state index contributed by atoms with van der Waals surface area (Å²) in [6, 6.07) is 7.41. The van der Waals surface area contributed by atoms with E-state index in [1.165, 1.54) is 0 Å². The van der Waals surface area contributed by atoms with Crippen molar-refractivity contribution in [2.75, 3.05) is 20.8 Å². The highest BCUT2D eigenvalue weighted by molar-refractivity contribution is 5.83. The van der Waals surface area contributed by atoms with Crippen LogP contribution in [0.1, 0.15) is 19.4 Å². The molecule has 0 radical (unpaired) electrons. The predicted octanol–water partition coefficient (Wildman–Crippen LogP) is 1.69. The van der Waals surface area contributed by atoms with Gasteiger partial charge in [0.15, 0.2) is 0 Å². The lowest BCUT2D eigenvalue weighted by Gasteiger charge is -2.28. The van der Waals surface area contributed by atoms with Crippen molar-refractivity contribution in [3.63, 3.8) is 0 Å². The second-order valence-electron chi connectivity index (χ2n) is 3.80. The highest BCUT2D eigenvalue weighted by Gasteiger charge is 2.37. The van der Waals surface area contributed by atoms with E-state index >= 15 is 0 Å². The molecule has 1 rings (SSSR count). The fourth-order valence-corrected chi connectivity index (χ4v) is 1.68. The molecule has 0 aromatic heterocycles. The molecule has 0 aliphatic carbocycles. The van der Waals surface area contributed by atoms with E-state index < -0.39 is 5.54 Å². The van der Waals surface area contributed by atoms with Gasteiger partial charge in [-0.25, -0.2) is 4.79 Å². The van der Waals surface area contributed by atoms with Crippen LogP contribution in [0.4, 0.5) is 0 Å². The SMILES string of the molecule is CCOC(=O)C(C)(NC)c1ccccc1OC. The van der Waals surface area contributed by atoms with Crippen LogP contribution in [0.2, 0.25) is 0 Å². The molecule has 4 heteroatoms. The molecule has 0 spiro atoms. The molecule has 1 aromatic rings. The van der Waals surface area contributed by atoms with Crippen molar-refractivity contribution in [2.24, 2.45) is 0 Å². The molecule has 1 N–H and O–H groups in total. The summed E-state index contributed by atoms with van der Waals surface area (Å²) in [6.07, 6.45) is 0. The molecule has 0 fully saturated rings. The Morgan fingerprint density at radius 3 is 2.59 bits per heavy atom. The molecular formula is C13H19NO3. The third-order valence-electron chi connectivity index (χ3n) is 2.83. The number of methoxy groups -OCH3 is 1. The lowest BCUT2D eigenvalue weighted by molar-refractivity contribution is -0.150. The minimum atomic E-state index is -0.900. The monoisotopic (exact) mass is 237 g/mol. The Morgan fingerprint density at radius 2 is 2.06 bits per heavy atom. The molecule has 94 valence electrons. The van der Waals surface area contributed by atoms with Crippen LogP contribution in [0, 0.1) is 0 Å². The van der Waals surface area contributed by atoms with E-state index in [0.717, 1.165) is 5.56 Å². The van der Waals surface area contributed by atoms with Crippen molar-refractivity contribution in [2.45, 2.75) is 19.4 Å². The number of rotatable bonds is 5. The zero-order chi connectivity index (χ0) is 12.9. The van der Waals surface area contributed by atoms with Crippen LogP contribution in [0.25, 0.3) is 0 Å². The zero-order valence-corrected chi connectivity index (χ0v) is 10.7. The van der Waals surface area contributed by atoms with Crippen molar-refractivity contribution in [1.29, 1.82) is 0 Å². The molecule has 0 heterocycles. The number of esters is 1. The van der Waals surface area contributed by atoms with Crippen LogP contribution in [-0.4, -0.2) is 26.7 Å². The second kappa shape index (κ2) is 5.68. The van der Waals surface area contributed by atoms with Crippen molar-refractivity contribution in [1.82, 2.24) is 5.32 Å². The minimum absolute atomic E-state index is 0.313. The summed E-state index contributed by atoms with van der Waals surface area (Å²) in [5.41, 5.74) is -0.133. The van der Waals surface area contributed by atoms with Crippen LogP contribution in [-0.2, 0) is 15.1 Å². The quantitative estimate of drug-likeness (QED) is 0.792. The van der Waals surface area contributed by atoms with Crippen molar-refractivity contribution in [3.05, 3.63) is 29.8 Å². The van der Waals surface area contributed by atoms with Crippen LogP contribution in [0.15, 0.2) is 24.3 Å². The third kappa shape index (κ3) is 2.58. The molecule has 0 saturated carbocycles. The molecule has 0 bridgehead atoms. The predicted molar refractivity (Wildman–Crippen MR) is 66.0 cm³/mol. The number of hydrogen-bond donors (Lipinski definition) is 1. The highest BCUT2D eigenvalue weighted by Crippen LogP contribution is 2.30. The van der Waals surface area contributed by atoms with E-state index in [9.17, 15) is 4.79 Å². The Labute approximate surface area is 102 Å². The number of carbonyl (C=O) groups excluding carboxylic acids is 1. The van der Waals surface area contributed by atoms with Gasteiger partial charge < -0.3 is 14.8 Å². The first kappa shape index (κ1) is 13.5. The third-order valence-corrected chi connectivity index (χ3v) is 2.83. The molecule has 0 aliphatic heterocycles. The lowest BCUT2D eigenvalue weighted by Crippen LogP contribution is -2.46. The first-order valence-electron chi connectivity index (χ1n) is 5.59. The van der Waals surface area contributed by atoms with Gasteiger partial charge in [0.2, 0.25) is 0 Å². The van der Waals surface area contributed by atoms with Gasteiger partial charge in [-0.15, -0.1) is 0 Å². The Balaban J connectivity index is 3.19. The van der Waals surface area contributed by atoms with Crippen LogP contribution in [0.5, 0.6) is 5.75 Å². The number of hydrogen-bond acceptors (Lipinski definition) is 4. The van der Waals surface area contributed by atoms with Gasteiger partial charge in [-0.05, 0) is 27.0 Å². The van der Waals surface area contributed by atoms with Crippen molar-refractivity contribution in [3.8, 4) is 5.75 Å². The van der Waals surface area contributed by atoms with Gasteiger partial charge in [-0.2, -0.15) is 0 Å². The summed E-state index contributed by atoms with van der Waals surface area (Å²) in [5, 5.41) is 3.00. The van der Waals surface area contributed by atoms with Gasteiger partial charge in [0.05, 0.1) is 13.7 Å². The lowest BCUT2D eigenvalue weighted by atomic mass is 9.91. The van der Waals surface area contributed by atoms with Gasteiger partial charge in [0, 0.05) is 5.56 Å². The molecule has 0 saturated heterocycles. The zero-order valence-electron chi connectivity index (χ0n) is 10.7. The first-order chi connectivity index (χ1) is 8.10. The largest absolute Gasteiger partial charge is 0.496 e. The standard InChI is InChI=1S/C13H19NO3/c1-5-17-12(15)13(2,14-3)10-8-6-7-9-11(10)16-4/h6-9,14H,5H2,1-4H3. The van der Waals surface area contributed by atoms with E-state index in [1.54, 1.807) is 28.0 Å². The van der Waals surface area contributed by atoms with E-state index in [1.807, 2.05) is 24.3 Å². The Bertz CT molecular complexity index is 392. The number of carbonyl (C=O) groups is 1. The highest BCUT2D eigenvalue weighted by atomic mass is 16.5. The Hall–Kier alpha value is -1.55. The molecule has 4 nitrogen and oxygen atoms in total. The maximum Gasteiger partial charge on any atom is 0.330 e. The summed E-state index contributed by atoms with van der Waals surface area (Å²) in [7, 11) is 3.31. The maximum absolute atomic E-state index is 12.0. The molecule has 1 unspecified atom stereocenters. The van der Waals surface area contributed by atoms with Crippen LogP contribution in [0.3, 0.4) is 0 Å². The van der Waals surface area contributed by atoms with Gasteiger partial charge in [-0.1, -0.05) is 18.2 Å². The Kier molecular flexibility index (Phi) is 4.52. The van der Waals surface area contributed by atoms with E-state index in [-0.39, 0.29) is 5.97 Å². The molecule has 1 aromatic carbocycles. The van der Waals surface area contributed by atoms with Crippen LogP contribution < -0.4 is 10.1 Å². The summed E-state index contributed by atoms with van der Waals surface area (Å²) >= 11 is 0. The molecule has 17 heavy (non-hydrogen) atoms.